The molecule has 1 aliphatic rings. The minimum atomic E-state index is -0.380. The summed E-state index contributed by atoms with van der Waals surface area (Å²) in [4.78, 5) is 28.4. The zero-order chi connectivity index (χ0) is 11.5. The number of halogens is 1. The Balaban J connectivity index is 1.97. The molecule has 1 fully saturated rings. The molecule has 1 saturated heterocycles. The molecule has 3 N–H and O–H groups in total. The second-order valence-electron chi connectivity index (χ2n) is 3.58. The van der Waals surface area contributed by atoms with Crippen molar-refractivity contribution in [3.8, 4) is 0 Å². The number of aromatic nitrogens is 2. The lowest BCUT2D eigenvalue weighted by Crippen LogP contribution is -2.32. The van der Waals surface area contributed by atoms with E-state index < -0.39 is 0 Å². The molecule has 0 aliphatic carbocycles. The summed E-state index contributed by atoms with van der Waals surface area (Å²) >= 11 is 5.75. The molecule has 1 aromatic heterocycles. The summed E-state index contributed by atoms with van der Waals surface area (Å²) in [5, 5.41) is 5.77. The number of nitrogens with one attached hydrogen (secondary N) is 3. The zero-order valence-electron chi connectivity index (χ0n) is 8.42. The molecule has 1 aliphatic heterocycles. The van der Waals surface area contributed by atoms with Crippen molar-refractivity contribution in [2.75, 3.05) is 11.9 Å². The number of anilines is 1. The van der Waals surface area contributed by atoms with Gasteiger partial charge in [0.15, 0.2) is 5.82 Å². The summed E-state index contributed by atoms with van der Waals surface area (Å²) in [6.07, 6.45) is 2.61. The van der Waals surface area contributed by atoms with Crippen molar-refractivity contribution in [3.05, 3.63) is 21.7 Å². The van der Waals surface area contributed by atoms with Gasteiger partial charge in [0, 0.05) is 19.0 Å². The van der Waals surface area contributed by atoms with Crippen molar-refractivity contribution >= 4 is 23.3 Å². The monoisotopic (exact) mass is 242 g/mol. The van der Waals surface area contributed by atoms with Crippen LogP contribution in [0.1, 0.15) is 12.8 Å². The smallest absolute Gasteiger partial charge is 0.271 e. The van der Waals surface area contributed by atoms with E-state index in [4.69, 9.17) is 11.6 Å². The first-order valence-electron chi connectivity index (χ1n) is 4.93. The predicted octanol–water partition coefficient (Wildman–Crippen LogP) is 0.114. The minimum Gasteiger partial charge on any atom is -0.367 e. The molecule has 0 bridgehead atoms. The first-order valence-corrected chi connectivity index (χ1v) is 5.31. The fourth-order valence-electron chi connectivity index (χ4n) is 1.56. The molecular weight excluding hydrogens is 232 g/mol. The fraction of sp³-hybridized carbons (Fsp3) is 0.444. The van der Waals surface area contributed by atoms with Crippen LogP contribution in [0.2, 0.25) is 5.02 Å². The van der Waals surface area contributed by atoms with Gasteiger partial charge in [0.25, 0.3) is 5.56 Å². The van der Waals surface area contributed by atoms with Crippen LogP contribution in [0.5, 0.6) is 0 Å². The highest BCUT2D eigenvalue weighted by molar-refractivity contribution is 6.32. The molecule has 0 spiro atoms. The molecule has 86 valence electrons. The van der Waals surface area contributed by atoms with Crippen molar-refractivity contribution in [1.29, 1.82) is 0 Å². The molecular formula is C9H11ClN4O2. The molecule has 0 radical (unpaired) electrons. The number of hydrogen-bond donors (Lipinski definition) is 3. The van der Waals surface area contributed by atoms with Gasteiger partial charge in [-0.2, -0.15) is 0 Å². The maximum atomic E-state index is 11.2. The summed E-state index contributed by atoms with van der Waals surface area (Å²) in [6, 6.07) is 0.0738. The molecule has 16 heavy (non-hydrogen) atoms. The predicted molar refractivity (Wildman–Crippen MR) is 59.5 cm³/mol. The third kappa shape index (κ3) is 2.33. The Hall–Kier alpha value is -1.56. The van der Waals surface area contributed by atoms with E-state index in [1.54, 1.807) is 0 Å². The summed E-state index contributed by atoms with van der Waals surface area (Å²) in [5.74, 6) is 0.392. The van der Waals surface area contributed by atoms with E-state index in [-0.39, 0.29) is 22.5 Å². The minimum absolute atomic E-state index is 0.0341. The highest BCUT2D eigenvalue weighted by atomic mass is 35.5. The fourth-order valence-corrected chi connectivity index (χ4v) is 1.73. The Labute approximate surface area is 96.4 Å². The van der Waals surface area contributed by atoms with Crippen LogP contribution in [-0.4, -0.2) is 28.5 Å². The van der Waals surface area contributed by atoms with Gasteiger partial charge in [-0.25, -0.2) is 4.98 Å². The number of carbonyl (C=O) groups is 1. The summed E-state index contributed by atoms with van der Waals surface area (Å²) in [5.41, 5.74) is -0.380. The van der Waals surface area contributed by atoms with Crippen molar-refractivity contribution in [2.24, 2.45) is 0 Å². The molecule has 7 heteroatoms. The third-order valence-corrected chi connectivity index (χ3v) is 2.75. The molecule has 1 aromatic rings. The lowest BCUT2D eigenvalue weighted by molar-refractivity contribution is -0.119. The first-order chi connectivity index (χ1) is 7.66. The van der Waals surface area contributed by atoms with Crippen LogP contribution in [0.3, 0.4) is 0 Å². The van der Waals surface area contributed by atoms with Gasteiger partial charge in [-0.05, 0) is 6.42 Å². The summed E-state index contributed by atoms with van der Waals surface area (Å²) in [6.45, 7) is 0.516. The molecule has 1 atom stereocenters. The van der Waals surface area contributed by atoms with Gasteiger partial charge in [-0.15, -0.1) is 0 Å². The van der Waals surface area contributed by atoms with Crippen LogP contribution in [-0.2, 0) is 4.79 Å². The number of nitrogens with zero attached hydrogens (tertiary/aromatic N) is 1. The molecule has 1 amide bonds. The van der Waals surface area contributed by atoms with Crippen LogP contribution in [0.25, 0.3) is 0 Å². The quantitative estimate of drug-likeness (QED) is 0.702. The van der Waals surface area contributed by atoms with Crippen LogP contribution >= 0.6 is 11.6 Å². The van der Waals surface area contributed by atoms with Gasteiger partial charge >= 0.3 is 0 Å². The van der Waals surface area contributed by atoms with Crippen LogP contribution < -0.4 is 16.2 Å². The summed E-state index contributed by atoms with van der Waals surface area (Å²) in [7, 11) is 0. The van der Waals surface area contributed by atoms with Crippen molar-refractivity contribution in [2.45, 2.75) is 18.9 Å². The average Bonchev–Trinajstić information content (AvgIpc) is 2.67. The van der Waals surface area contributed by atoms with E-state index in [0.29, 0.717) is 18.8 Å². The number of aromatic amines is 1. The van der Waals surface area contributed by atoms with Gasteiger partial charge in [0.05, 0.1) is 6.33 Å². The number of rotatable bonds is 3. The molecule has 0 saturated carbocycles. The lowest BCUT2D eigenvalue weighted by Gasteiger charge is -2.11. The number of hydrogen-bond acceptors (Lipinski definition) is 4. The highest BCUT2D eigenvalue weighted by Crippen LogP contribution is 2.13. The number of amides is 1. The number of H-pyrrole nitrogens is 1. The Morgan fingerprint density at radius 1 is 1.56 bits per heavy atom. The molecule has 6 nitrogen and oxygen atoms in total. The SMILES string of the molecule is O=C1CCC(CNc2nc[nH]c(=O)c2Cl)N1. The van der Waals surface area contributed by atoms with E-state index in [1.807, 2.05) is 0 Å². The Morgan fingerprint density at radius 3 is 3.06 bits per heavy atom. The van der Waals surface area contributed by atoms with E-state index in [1.165, 1.54) is 6.33 Å². The van der Waals surface area contributed by atoms with E-state index >= 15 is 0 Å². The average molecular weight is 243 g/mol. The topological polar surface area (TPSA) is 86.9 Å². The van der Waals surface area contributed by atoms with E-state index in [0.717, 1.165) is 6.42 Å². The highest BCUT2D eigenvalue weighted by Gasteiger charge is 2.20. The largest absolute Gasteiger partial charge is 0.367 e. The third-order valence-electron chi connectivity index (χ3n) is 2.40. The van der Waals surface area contributed by atoms with Gasteiger partial charge in [-0.1, -0.05) is 11.6 Å². The van der Waals surface area contributed by atoms with Gasteiger partial charge in [-0.3, -0.25) is 9.59 Å². The standard InChI is InChI=1S/C9H11ClN4O2/c10-7-8(12-4-13-9(7)16)11-3-5-1-2-6(15)14-5/h4-5H,1-3H2,(H,14,15)(H2,11,12,13,16). The zero-order valence-corrected chi connectivity index (χ0v) is 9.17. The first kappa shape index (κ1) is 10.9. The van der Waals surface area contributed by atoms with Crippen LogP contribution in [0.4, 0.5) is 5.82 Å². The second kappa shape index (κ2) is 4.52. The Morgan fingerprint density at radius 2 is 2.38 bits per heavy atom. The van der Waals surface area contributed by atoms with Crippen LogP contribution in [0, 0.1) is 0 Å². The summed E-state index contributed by atoms with van der Waals surface area (Å²) < 4.78 is 0. The molecule has 2 heterocycles. The van der Waals surface area contributed by atoms with Crippen molar-refractivity contribution in [3.63, 3.8) is 0 Å². The van der Waals surface area contributed by atoms with E-state index in [2.05, 4.69) is 20.6 Å². The van der Waals surface area contributed by atoms with Gasteiger partial charge in [0.2, 0.25) is 5.91 Å². The lowest BCUT2D eigenvalue weighted by atomic mass is 10.2. The molecule has 2 rings (SSSR count). The number of carbonyl (C=O) groups excluding carboxylic acids is 1. The van der Waals surface area contributed by atoms with Gasteiger partial charge < -0.3 is 15.6 Å². The molecule has 1 unspecified atom stereocenters. The van der Waals surface area contributed by atoms with Crippen LogP contribution in [0.15, 0.2) is 11.1 Å². The Kier molecular flexibility index (Phi) is 3.09. The maximum absolute atomic E-state index is 11.2. The maximum Gasteiger partial charge on any atom is 0.271 e. The normalized spacial score (nSPS) is 19.6. The molecule has 0 aromatic carbocycles. The van der Waals surface area contributed by atoms with E-state index in [9.17, 15) is 9.59 Å². The Bertz CT molecular complexity index is 459. The second-order valence-corrected chi connectivity index (χ2v) is 3.96. The van der Waals surface area contributed by atoms with Crippen molar-refractivity contribution in [1.82, 2.24) is 15.3 Å². The van der Waals surface area contributed by atoms with Crippen molar-refractivity contribution < 1.29 is 4.79 Å². The van der Waals surface area contributed by atoms with Gasteiger partial charge in [0.1, 0.15) is 5.02 Å².